The van der Waals surface area contributed by atoms with Crippen molar-refractivity contribution in [1.29, 1.82) is 0 Å². The Bertz CT molecular complexity index is 1160. The molecule has 4 aromatic rings. The van der Waals surface area contributed by atoms with Gasteiger partial charge in [-0.1, -0.05) is 11.8 Å². The molecule has 0 bridgehead atoms. The third kappa shape index (κ3) is 3.63. The van der Waals surface area contributed by atoms with Crippen molar-refractivity contribution in [3.05, 3.63) is 59.1 Å². The van der Waals surface area contributed by atoms with Gasteiger partial charge in [-0.3, -0.25) is 0 Å². The fourth-order valence-corrected chi connectivity index (χ4v) is 4.89. The van der Waals surface area contributed by atoms with E-state index in [1.807, 2.05) is 44.6 Å². The Kier molecular flexibility index (Phi) is 4.76. The zero-order valence-corrected chi connectivity index (χ0v) is 17.7. The summed E-state index contributed by atoms with van der Waals surface area (Å²) in [4.78, 5) is 4.77. The molecule has 0 unspecified atom stereocenters. The van der Waals surface area contributed by atoms with Crippen molar-refractivity contribution in [3.8, 4) is 22.1 Å². The largest absolute Gasteiger partial charge is 0.454 e. The Morgan fingerprint density at radius 2 is 2.03 bits per heavy atom. The molecule has 1 aliphatic rings. The van der Waals surface area contributed by atoms with Crippen LogP contribution >= 0.6 is 23.1 Å². The van der Waals surface area contributed by atoms with Crippen LogP contribution in [0.15, 0.2) is 47.1 Å². The summed E-state index contributed by atoms with van der Waals surface area (Å²) >= 11 is 3.28. The third-order valence-electron chi connectivity index (χ3n) is 4.84. The minimum absolute atomic E-state index is 0.280. The van der Waals surface area contributed by atoms with Gasteiger partial charge < -0.3 is 18.6 Å². The predicted molar refractivity (Wildman–Crippen MR) is 112 cm³/mol. The number of benzene rings is 1. The molecule has 0 N–H and O–H groups in total. The van der Waals surface area contributed by atoms with Gasteiger partial charge in [0.2, 0.25) is 6.79 Å². The second-order valence-corrected chi connectivity index (χ2v) is 8.55. The average molecular weight is 426 g/mol. The van der Waals surface area contributed by atoms with Crippen molar-refractivity contribution in [2.75, 3.05) is 6.79 Å². The molecule has 1 aliphatic heterocycles. The summed E-state index contributed by atoms with van der Waals surface area (Å²) in [6, 6.07) is 10.1. The Morgan fingerprint density at radius 3 is 2.90 bits per heavy atom. The maximum Gasteiger partial charge on any atom is 0.231 e. The number of nitrogens with zero attached hydrogens (tertiary/aromatic N) is 5. The number of thioether (sulfide) groups is 1. The molecule has 7 nitrogen and oxygen atoms in total. The molecule has 0 spiro atoms. The highest BCUT2D eigenvalue weighted by atomic mass is 32.2. The lowest BCUT2D eigenvalue weighted by molar-refractivity contribution is 0.174. The summed E-state index contributed by atoms with van der Waals surface area (Å²) < 4.78 is 15.0. The molecular formula is C20H19N5O2S2. The first-order valence-electron chi connectivity index (χ1n) is 9.13. The van der Waals surface area contributed by atoms with Gasteiger partial charge in [0, 0.05) is 49.1 Å². The highest BCUT2D eigenvalue weighted by molar-refractivity contribution is 7.98. The fourth-order valence-electron chi connectivity index (χ4n) is 3.14. The molecule has 9 heteroatoms. The molecule has 0 saturated heterocycles. The fraction of sp³-hybridized carbons (Fsp3) is 0.250. The van der Waals surface area contributed by atoms with Gasteiger partial charge in [0.1, 0.15) is 10.8 Å². The average Bonchev–Trinajstić information content (AvgIpc) is 3.50. The van der Waals surface area contributed by atoms with Gasteiger partial charge in [-0.2, -0.15) is 0 Å². The number of hydrogen-bond acceptors (Lipinski definition) is 7. The van der Waals surface area contributed by atoms with E-state index in [1.54, 1.807) is 23.1 Å². The summed E-state index contributed by atoms with van der Waals surface area (Å²) in [6.07, 6.45) is 2.81. The van der Waals surface area contributed by atoms with Crippen LogP contribution in [0.25, 0.3) is 10.6 Å². The summed E-state index contributed by atoms with van der Waals surface area (Å²) in [6.45, 7) is 0.280. The summed E-state index contributed by atoms with van der Waals surface area (Å²) in [5.74, 6) is 3.26. The molecule has 0 radical (unpaired) electrons. The highest BCUT2D eigenvalue weighted by Gasteiger charge is 2.16. The van der Waals surface area contributed by atoms with Crippen LogP contribution < -0.4 is 9.47 Å². The second-order valence-electron chi connectivity index (χ2n) is 6.75. The SMILES string of the molecule is Cn1cccc1Cc1nnc(SCc2csc(-c3ccc4c(c3)OCO4)n2)n1C. The molecule has 0 atom stereocenters. The topological polar surface area (TPSA) is 67.0 Å². The van der Waals surface area contributed by atoms with E-state index >= 15 is 0 Å². The van der Waals surface area contributed by atoms with Gasteiger partial charge in [-0.25, -0.2) is 4.98 Å². The molecule has 0 fully saturated rings. The number of ether oxygens (including phenoxy) is 2. The quantitative estimate of drug-likeness (QED) is 0.437. The lowest BCUT2D eigenvalue weighted by Gasteiger charge is -2.04. The Balaban J connectivity index is 1.26. The molecule has 148 valence electrons. The van der Waals surface area contributed by atoms with Crippen molar-refractivity contribution in [1.82, 2.24) is 24.3 Å². The second kappa shape index (κ2) is 7.57. The van der Waals surface area contributed by atoms with E-state index in [9.17, 15) is 0 Å². The van der Waals surface area contributed by atoms with Gasteiger partial charge in [0.05, 0.1) is 5.69 Å². The number of aryl methyl sites for hydroxylation is 1. The molecule has 0 aliphatic carbocycles. The monoisotopic (exact) mass is 425 g/mol. The lowest BCUT2D eigenvalue weighted by atomic mass is 10.2. The van der Waals surface area contributed by atoms with Gasteiger partial charge in [0.25, 0.3) is 0 Å². The van der Waals surface area contributed by atoms with Crippen LogP contribution in [-0.4, -0.2) is 31.1 Å². The van der Waals surface area contributed by atoms with Gasteiger partial charge >= 0.3 is 0 Å². The van der Waals surface area contributed by atoms with Gasteiger partial charge in [-0.15, -0.1) is 21.5 Å². The predicted octanol–water partition coefficient (Wildman–Crippen LogP) is 3.89. The van der Waals surface area contributed by atoms with Crippen LogP contribution in [0.3, 0.4) is 0 Å². The number of fused-ring (bicyclic) bond motifs is 1. The van der Waals surface area contributed by atoms with E-state index in [0.717, 1.165) is 50.9 Å². The third-order valence-corrected chi connectivity index (χ3v) is 6.83. The standard InChI is InChI=1S/C20H19N5O2S2/c1-24-7-3-4-15(24)9-18-22-23-20(25(18)2)29-11-14-10-28-19(21-14)13-5-6-16-17(8-13)27-12-26-16/h3-8,10H,9,11-12H2,1-2H3. The normalized spacial score (nSPS) is 12.6. The van der Waals surface area contributed by atoms with E-state index in [1.165, 1.54) is 5.69 Å². The van der Waals surface area contributed by atoms with Crippen molar-refractivity contribution < 1.29 is 9.47 Å². The summed E-state index contributed by atoms with van der Waals surface area (Å²) in [7, 11) is 4.06. The molecule has 29 heavy (non-hydrogen) atoms. The van der Waals surface area contributed by atoms with Gasteiger partial charge in [-0.05, 0) is 30.3 Å². The van der Waals surface area contributed by atoms with Crippen LogP contribution in [0.5, 0.6) is 11.5 Å². The van der Waals surface area contributed by atoms with Gasteiger partial charge in [0.15, 0.2) is 16.7 Å². The Labute approximate surface area is 176 Å². The summed E-state index contributed by atoms with van der Waals surface area (Å²) in [5.41, 5.74) is 3.28. The number of rotatable bonds is 6. The zero-order chi connectivity index (χ0) is 19.8. The first kappa shape index (κ1) is 18.3. The van der Waals surface area contributed by atoms with Crippen LogP contribution in [0, 0.1) is 0 Å². The number of hydrogen-bond donors (Lipinski definition) is 0. The zero-order valence-electron chi connectivity index (χ0n) is 16.0. The smallest absolute Gasteiger partial charge is 0.231 e. The molecule has 0 amide bonds. The number of thiazole rings is 1. The lowest BCUT2D eigenvalue weighted by Crippen LogP contribution is -2.03. The van der Waals surface area contributed by atoms with Crippen LogP contribution in [0.2, 0.25) is 0 Å². The molecule has 1 aromatic carbocycles. The van der Waals surface area contributed by atoms with Crippen LogP contribution in [0.1, 0.15) is 17.2 Å². The highest BCUT2D eigenvalue weighted by Crippen LogP contribution is 2.37. The molecule has 3 aromatic heterocycles. The van der Waals surface area contributed by atoms with Crippen molar-refractivity contribution in [2.24, 2.45) is 14.1 Å². The van der Waals surface area contributed by atoms with E-state index < -0.39 is 0 Å². The molecule has 4 heterocycles. The van der Waals surface area contributed by atoms with E-state index in [0.29, 0.717) is 0 Å². The van der Waals surface area contributed by atoms with E-state index in [-0.39, 0.29) is 6.79 Å². The van der Waals surface area contributed by atoms with E-state index in [4.69, 9.17) is 14.5 Å². The first-order valence-corrected chi connectivity index (χ1v) is 11.0. The van der Waals surface area contributed by atoms with Crippen molar-refractivity contribution in [3.63, 3.8) is 0 Å². The summed E-state index contributed by atoms with van der Waals surface area (Å²) in [5, 5.41) is 12.7. The maximum absolute atomic E-state index is 5.46. The first-order chi connectivity index (χ1) is 14.2. The van der Waals surface area contributed by atoms with E-state index in [2.05, 4.69) is 30.8 Å². The van der Waals surface area contributed by atoms with Crippen molar-refractivity contribution in [2.45, 2.75) is 17.3 Å². The molecule has 5 rings (SSSR count). The minimum atomic E-state index is 0.280. The maximum atomic E-state index is 5.46. The molecule has 0 saturated carbocycles. The minimum Gasteiger partial charge on any atom is -0.454 e. The Morgan fingerprint density at radius 1 is 1.14 bits per heavy atom. The van der Waals surface area contributed by atoms with Crippen LogP contribution in [-0.2, 0) is 26.3 Å². The van der Waals surface area contributed by atoms with Crippen LogP contribution in [0.4, 0.5) is 0 Å². The molecular weight excluding hydrogens is 406 g/mol. The number of aromatic nitrogens is 5. The Hall–Kier alpha value is -2.78. The van der Waals surface area contributed by atoms with Crippen molar-refractivity contribution >= 4 is 23.1 Å².